The van der Waals surface area contributed by atoms with Gasteiger partial charge in [0.05, 0.1) is 18.8 Å². The second-order valence-electron chi connectivity index (χ2n) is 7.52. The molecule has 1 aromatic rings. The van der Waals surface area contributed by atoms with Crippen molar-refractivity contribution in [2.24, 2.45) is 5.92 Å². The van der Waals surface area contributed by atoms with Crippen molar-refractivity contribution < 1.29 is 23.5 Å². The number of ether oxygens (including phenoxy) is 1. The van der Waals surface area contributed by atoms with E-state index in [0.717, 1.165) is 18.6 Å². The predicted molar refractivity (Wildman–Crippen MR) is 97.7 cm³/mol. The second kappa shape index (κ2) is 8.59. The molecular weight excluding hydrogens is 348 g/mol. The van der Waals surface area contributed by atoms with Crippen LogP contribution in [0.15, 0.2) is 22.8 Å². The minimum absolute atomic E-state index is 0.0225. The van der Waals surface area contributed by atoms with Crippen LogP contribution in [0.1, 0.15) is 51.2 Å². The first kappa shape index (κ1) is 19.5. The first-order chi connectivity index (χ1) is 13.0. The van der Waals surface area contributed by atoms with E-state index in [2.05, 4.69) is 5.32 Å². The Morgan fingerprint density at radius 2 is 2.30 bits per heavy atom. The van der Waals surface area contributed by atoms with Crippen molar-refractivity contribution in [3.05, 3.63) is 24.2 Å². The standard InChI is InChI=1S/C20H28N2O5/c1-2-26-19(25)15-5-3-11-22(14-15)18(24)8-10-20(9-7-17(23)21-20)13-16-6-4-12-27-16/h4,6,12,15H,2-3,5,7-11,13-14H2,1H3,(H,21,23)/t15-,20+/m0/s1. The van der Waals surface area contributed by atoms with Crippen molar-refractivity contribution in [3.8, 4) is 0 Å². The molecule has 2 saturated heterocycles. The maximum absolute atomic E-state index is 12.7. The van der Waals surface area contributed by atoms with Gasteiger partial charge in [-0.1, -0.05) is 0 Å². The van der Waals surface area contributed by atoms with Crippen LogP contribution < -0.4 is 5.32 Å². The van der Waals surface area contributed by atoms with Crippen molar-refractivity contribution in [1.82, 2.24) is 10.2 Å². The zero-order valence-electron chi connectivity index (χ0n) is 15.9. The summed E-state index contributed by atoms with van der Waals surface area (Å²) < 4.78 is 10.5. The van der Waals surface area contributed by atoms with E-state index in [1.54, 1.807) is 18.1 Å². The molecule has 3 heterocycles. The van der Waals surface area contributed by atoms with E-state index in [4.69, 9.17) is 9.15 Å². The van der Waals surface area contributed by atoms with E-state index in [9.17, 15) is 14.4 Å². The summed E-state index contributed by atoms with van der Waals surface area (Å²) in [5.74, 6) is 0.418. The van der Waals surface area contributed by atoms with E-state index in [-0.39, 0.29) is 23.7 Å². The van der Waals surface area contributed by atoms with Crippen LogP contribution in [-0.2, 0) is 25.5 Å². The molecule has 27 heavy (non-hydrogen) atoms. The molecule has 1 aromatic heterocycles. The van der Waals surface area contributed by atoms with Gasteiger partial charge in [0.2, 0.25) is 11.8 Å². The van der Waals surface area contributed by atoms with Gasteiger partial charge in [-0.25, -0.2) is 0 Å². The lowest BCUT2D eigenvalue weighted by atomic mass is 9.86. The van der Waals surface area contributed by atoms with Crippen LogP contribution in [-0.4, -0.2) is 47.9 Å². The highest BCUT2D eigenvalue weighted by molar-refractivity contribution is 5.81. The average molecular weight is 376 g/mol. The minimum atomic E-state index is -0.430. The maximum atomic E-state index is 12.7. The SMILES string of the molecule is CCOC(=O)[C@H]1CCCN(C(=O)CC[C@@]2(Cc3ccco3)CCC(=O)N2)C1. The van der Waals surface area contributed by atoms with Crippen LogP contribution in [0.25, 0.3) is 0 Å². The Balaban J connectivity index is 1.57. The van der Waals surface area contributed by atoms with Crippen LogP contribution in [0.5, 0.6) is 0 Å². The van der Waals surface area contributed by atoms with Gasteiger partial charge in [-0.2, -0.15) is 0 Å². The van der Waals surface area contributed by atoms with Crippen molar-refractivity contribution in [1.29, 1.82) is 0 Å². The summed E-state index contributed by atoms with van der Waals surface area (Å²) in [6, 6.07) is 3.72. The molecule has 0 aromatic carbocycles. The number of carbonyl (C=O) groups is 3. The molecule has 0 unspecified atom stereocenters. The summed E-state index contributed by atoms with van der Waals surface area (Å²) in [6.07, 6.45) is 5.87. The average Bonchev–Trinajstić information content (AvgIpc) is 3.30. The normalized spacial score (nSPS) is 25.3. The van der Waals surface area contributed by atoms with Crippen LogP contribution in [0.3, 0.4) is 0 Å². The van der Waals surface area contributed by atoms with Gasteiger partial charge in [-0.3, -0.25) is 14.4 Å². The number of hydrogen-bond donors (Lipinski definition) is 1. The Hall–Kier alpha value is -2.31. The molecule has 0 spiro atoms. The van der Waals surface area contributed by atoms with Gasteiger partial charge >= 0.3 is 5.97 Å². The number of nitrogens with zero attached hydrogens (tertiary/aromatic N) is 1. The fraction of sp³-hybridized carbons (Fsp3) is 0.650. The molecule has 7 nitrogen and oxygen atoms in total. The van der Waals surface area contributed by atoms with Gasteiger partial charge in [0, 0.05) is 37.9 Å². The Kier molecular flexibility index (Phi) is 6.19. The zero-order chi connectivity index (χ0) is 19.3. The quantitative estimate of drug-likeness (QED) is 0.736. The molecule has 148 valence electrons. The largest absolute Gasteiger partial charge is 0.469 e. The molecule has 2 amide bonds. The van der Waals surface area contributed by atoms with Gasteiger partial charge in [0.15, 0.2) is 0 Å². The van der Waals surface area contributed by atoms with Gasteiger partial charge < -0.3 is 19.4 Å². The number of amides is 2. The van der Waals surface area contributed by atoms with Crippen LogP contribution in [0, 0.1) is 5.92 Å². The lowest BCUT2D eigenvalue weighted by Gasteiger charge is -2.33. The van der Waals surface area contributed by atoms with Crippen molar-refractivity contribution in [3.63, 3.8) is 0 Å². The monoisotopic (exact) mass is 376 g/mol. The first-order valence-electron chi connectivity index (χ1n) is 9.79. The molecule has 1 N–H and O–H groups in total. The Morgan fingerprint density at radius 1 is 1.44 bits per heavy atom. The molecule has 2 aliphatic rings. The fourth-order valence-electron chi connectivity index (χ4n) is 4.09. The van der Waals surface area contributed by atoms with Crippen molar-refractivity contribution in [2.45, 2.75) is 57.4 Å². The predicted octanol–water partition coefficient (Wildman–Crippen LogP) is 2.05. The lowest BCUT2D eigenvalue weighted by molar-refractivity contribution is -0.151. The Morgan fingerprint density at radius 3 is 2.96 bits per heavy atom. The minimum Gasteiger partial charge on any atom is -0.469 e. The number of piperidine rings is 1. The topological polar surface area (TPSA) is 88.8 Å². The van der Waals surface area contributed by atoms with Crippen LogP contribution >= 0.6 is 0 Å². The third-order valence-corrected chi connectivity index (χ3v) is 5.54. The number of furan rings is 1. The molecule has 3 rings (SSSR count). The van der Waals surface area contributed by atoms with Crippen LogP contribution in [0.2, 0.25) is 0 Å². The molecule has 2 atom stereocenters. The Labute approximate surface area is 159 Å². The lowest BCUT2D eigenvalue weighted by Crippen LogP contribution is -2.46. The summed E-state index contributed by atoms with van der Waals surface area (Å²) in [4.78, 5) is 38.3. The summed E-state index contributed by atoms with van der Waals surface area (Å²) in [7, 11) is 0. The van der Waals surface area contributed by atoms with Gasteiger partial charge in [0.25, 0.3) is 0 Å². The molecule has 2 aliphatic heterocycles. The number of rotatable bonds is 7. The van der Waals surface area contributed by atoms with Gasteiger partial charge in [-0.15, -0.1) is 0 Å². The molecule has 0 radical (unpaired) electrons. The van der Waals surface area contributed by atoms with Gasteiger partial charge in [-0.05, 0) is 44.7 Å². The number of likely N-dealkylation sites (tertiary alicyclic amines) is 1. The molecule has 0 aliphatic carbocycles. The molecule has 0 bridgehead atoms. The number of hydrogen-bond acceptors (Lipinski definition) is 5. The molecular formula is C20H28N2O5. The second-order valence-corrected chi connectivity index (χ2v) is 7.52. The summed E-state index contributed by atoms with van der Waals surface area (Å²) in [5.41, 5.74) is -0.430. The third-order valence-electron chi connectivity index (χ3n) is 5.54. The smallest absolute Gasteiger partial charge is 0.310 e. The number of esters is 1. The highest BCUT2D eigenvalue weighted by Gasteiger charge is 2.39. The number of nitrogens with one attached hydrogen (secondary N) is 1. The maximum Gasteiger partial charge on any atom is 0.310 e. The van der Waals surface area contributed by atoms with Crippen molar-refractivity contribution >= 4 is 17.8 Å². The van der Waals surface area contributed by atoms with Crippen LogP contribution in [0.4, 0.5) is 0 Å². The van der Waals surface area contributed by atoms with E-state index in [0.29, 0.717) is 51.8 Å². The molecule has 2 fully saturated rings. The fourth-order valence-corrected chi connectivity index (χ4v) is 4.09. The van der Waals surface area contributed by atoms with E-state index >= 15 is 0 Å². The first-order valence-corrected chi connectivity index (χ1v) is 9.79. The summed E-state index contributed by atoms with van der Waals surface area (Å²) in [6.45, 7) is 3.25. The third kappa shape index (κ3) is 4.90. The Bertz CT molecular complexity index is 672. The van der Waals surface area contributed by atoms with Crippen molar-refractivity contribution in [2.75, 3.05) is 19.7 Å². The summed E-state index contributed by atoms with van der Waals surface area (Å²) >= 11 is 0. The van der Waals surface area contributed by atoms with Gasteiger partial charge in [0.1, 0.15) is 5.76 Å². The van der Waals surface area contributed by atoms with E-state index in [1.165, 1.54) is 0 Å². The zero-order valence-corrected chi connectivity index (χ0v) is 15.9. The number of carbonyl (C=O) groups excluding carboxylic acids is 3. The highest BCUT2D eigenvalue weighted by atomic mass is 16.5. The highest BCUT2D eigenvalue weighted by Crippen LogP contribution is 2.30. The van der Waals surface area contributed by atoms with E-state index in [1.807, 2.05) is 12.1 Å². The summed E-state index contributed by atoms with van der Waals surface area (Å²) in [5, 5.41) is 3.06. The molecule has 7 heteroatoms. The molecule has 0 saturated carbocycles. The van der Waals surface area contributed by atoms with E-state index < -0.39 is 5.54 Å².